The SMILES string of the molecule is CCCNc1ncc(C)c(-c2cc(C)cc(F)c2)n1. The van der Waals surface area contributed by atoms with Crippen molar-refractivity contribution in [3.8, 4) is 11.3 Å². The van der Waals surface area contributed by atoms with Crippen molar-refractivity contribution in [3.63, 3.8) is 0 Å². The maximum Gasteiger partial charge on any atom is 0.223 e. The standard InChI is InChI=1S/C15H18FN3/c1-4-5-17-15-18-9-11(3)14(19-15)12-6-10(2)7-13(16)8-12/h6-9H,4-5H2,1-3H3,(H,17,18,19). The van der Waals surface area contributed by atoms with Crippen LogP contribution in [-0.4, -0.2) is 16.5 Å². The lowest BCUT2D eigenvalue weighted by Crippen LogP contribution is -2.05. The number of aryl methyl sites for hydroxylation is 2. The van der Waals surface area contributed by atoms with Crippen LogP contribution in [0, 0.1) is 19.7 Å². The zero-order valence-electron chi connectivity index (χ0n) is 11.5. The molecule has 0 saturated heterocycles. The summed E-state index contributed by atoms with van der Waals surface area (Å²) in [6.07, 6.45) is 2.77. The molecule has 1 N–H and O–H groups in total. The molecule has 0 aliphatic carbocycles. The van der Waals surface area contributed by atoms with E-state index in [4.69, 9.17) is 0 Å². The van der Waals surface area contributed by atoms with Crippen molar-refractivity contribution in [1.29, 1.82) is 0 Å². The van der Waals surface area contributed by atoms with Crippen molar-refractivity contribution in [1.82, 2.24) is 9.97 Å². The molecule has 2 rings (SSSR count). The van der Waals surface area contributed by atoms with Gasteiger partial charge in [-0.15, -0.1) is 0 Å². The molecular weight excluding hydrogens is 241 g/mol. The molecule has 4 heteroatoms. The Morgan fingerprint density at radius 1 is 1.21 bits per heavy atom. The van der Waals surface area contributed by atoms with Gasteiger partial charge in [0.25, 0.3) is 0 Å². The number of nitrogens with zero attached hydrogens (tertiary/aromatic N) is 2. The van der Waals surface area contributed by atoms with Crippen LogP contribution in [0.5, 0.6) is 0 Å². The van der Waals surface area contributed by atoms with E-state index in [1.54, 1.807) is 6.20 Å². The van der Waals surface area contributed by atoms with Crippen LogP contribution < -0.4 is 5.32 Å². The molecule has 0 aliphatic heterocycles. The molecule has 2 aromatic rings. The van der Waals surface area contributed by atoms with Gasteiger partial charge in [0, 0.05) is 18.3 Å². The number of nitrogens with one attached hydrogen (secondary N) is 1. The van der Waals surface area contributed by atoms with Crippen molar-refractivity contribution in [2.75, 3.05) is 11.9 Å². The highest BCUT2D eigenvalue weighted by Crippen LogP contribution is 2.23. The maximum absolute atomic E-state index is 13.5. The fourth-order valence-electron chi connectivity index (χ4n) is 1.93. The largest absolute Gasteiger partial charge is 0.354 e. The first-order valence-electron chi connectivity index (χ1n) is 6.45. The number of hydrogen-bond donors (Lipinski definition) is 1. The molecule has 0 aliphatic rings. The van der Waals surface area contributed by atoms with Gasteiger partial charge in [-0.1, -0.05) is 6.92 Å². The van der Waals surface area contributed by atoms with Crippen LogP contribution >= 0.6 is 0 Å². The summed E-state index contributed by atoms with van der Waals surface area (Å²) in [5, 5.41) is 3.14. The molecule has 1 heterocycles. The highest BCUT2D eigenvalue weighted by Gasteiger charge is 2.08. The van der Waals surface area contributed by atoms with Crippen LogP contribution in [-0.2, 0) is 0 Å². The minimum Gasteiger partial charge on any atom is -0.354 e. The van der Waals surface area contributed by atoms with E-state index in [1.165, 1.54) is 12.1 Å². The quantitative estimate of drug-likeness (QED) is 0.909. The number of hydrogen-bond acceptors (Lipinski definition) is 3. The fourth-order valence-corrected chi connectivity index (χ4v) is 1.93. The molecule has 19 heavy (non-hydrogen) atoms. The predicted octanol–water partition coefficient (Wildman–Crippen LogP) is 3.72. The number of benzene rings is 1. The van der Waals surface area contributed by atoms with E-state index in [0.717, 1.165) is 35.3 Å². The van der Waals surface area contributed by atoms with Gasteiger partial charge in [0.2, 0.25) is 5.95 Å². The van der Waals surface area contributed by atoms with Gasteiger partial charge in [-0.3, -0.25) is 0 Å². The smallest absolute Gasteiger partial charge is 0.223 e. The summed E-state index contributed by atoms with van der Waals surface area (Å²) in [5.74, 6) is 0.348. The van der Waals surface area contributed by atoms with Gasteiger partial charge >= 0.3 is 0 Å². The second kappa shape index (κ2) is 5.78. The summed E-state index contributed by atoms with van der Waals surface area (Å²) < 4.78 is 13.5. The number of rotatable bonds is 4. The second-order valence-electron chi connectivity index (χ2n) is 4.67. The van der Waals surface area contributed by atoms with Gasteiger partial charge in [0.05, 0.1) is 5.69 Å². The molecular formula is C15H18FN3. The normalized spacial score (nSPS) is 10.5. The van der Waals surface area contributed by atoms with Gasteiger partial charge < -0.3 is 5.32 Å². The van der Waals surface area contributed by atoms with E-state index in [1.807, 2.05) is 19.9 Å². The third-order valence-electron chi connectivity index (χ3n) is 2.82. The zero-order chi connectivity index (χ0) is 13.8. The van der Waals surface area contributed by atoms with Gasteiger partial charge in [0.15, 0.2) is 0 Å². The maximum atomic E-state index is 13.5. The van der Waals surface area contributed by atoms with Crippen LogP contribution in [0.3, 0.4) is 0 Å². The lowest BCUT2D eigenvalue weighted by Gasteiger charge is -2.09. The van der Waals surface area contributed by atoms with Gasteiger partial charge in [-0.25, -0.2) is 14.4 Å². The Hall–Kier alpha value is -1.97. The van der Waals surface area contributed by atoms with Gasteiger partial charge in [-0.2, -0.15) is 0 Å². The molecule has 0 amide bonds. The third kappa shape index (κ3) is 3.28. The average Bonchev–Trinajstić information content (AvgIpc) is 2.36. The molecule has 0 saturated carbocycles. The summed E-state index contributed by atoms with van der Waals surface area (Å²) >= 11 is 0. The molecule has 0 radical (unpaired) electrons. The molecule has 0 unspecified atom stereocenters. The van der Waals surface area contributed by atoms with E-state index in [0.29, 0.717) is 5.95 Å². The molecule has 1 aromatic heterocycles. The topological polar surface area (TPSA) is 37.8 Å². The molecule has 0 fully saturated rings. The Kier molecular flexibility index (Phi) is 4.10. The van der Waals surface area contributed by atoms with Gasteiger partial charge in [-0.05, 0) is 49.6 Å². The van der Waals surface area contributed by atoms with Crippen LogP contribution in [0.1, 0.15) is 24.5 Å². The number of aromatic nitrogens is 2. The first-order valence-corrected chi connectivity index (χ1v) is 6.45. The Bertz CT molecular complexity index is 561. The van der Waals surface area contributed by atoms with Crippen LogP contribution in [0.25, 0.3) is 11.3 Å². The van der Waals surface area contributed by atoms with Crippen molar-refractivity contribution in [2.24, 2.45) is 0 Å². The molecule has 1 aromatic carbocycles. The van der Waals surface area contributed by atoms with Crippen LogP contribution in [0.15, 0.2) is 24.4 Å². The van der Waals surface area contributed by atoms with Crippen LogP contribution in [0.2, 0.25) is 0 Å². The molecule has 0 atom stereocenters. The first-order chi connectivity index (χ1) is 9.10. The highest BCUT2D eigenvalue weighted by atomic mass is 19.1. The zero-order valence-corrected chi connectivity index (χ0v) is 11.5. The van der Waals surface area contributed by atoms with Crippen LogP contribution in [0.4, 0.5) is 10.3 Å². The third-order valence-corrected chi connectivity index (χ3v) is 2.82. The van der Waals surface area contributed by atoms with E-state index in [-0.39, 0.29) is 5.82 Å². The Morgan fingerprint density at radius 2 is 2.00 bits per heavy atom. The number of halogens is 1. The Balaban J connectivity index is 2.42. The molecule has 0 spiro atoms. The summed E-state index contributed by atoms with van der Waals surface area (Å²) in [5.41, 5.74) is 3.39. The molecule has 3 nitrogen and oxygen atoms in total. The van der Waals surface area contributed by atoms with Crippen molar-refractivity contribution >= 4 is 5.95 Å². The average molecular weight is 259 g/mol. The lowest BCUT2D eigenvalue weighted by atomic mass is 10.1. The highest BCUT2D eigenvalue weighted by molar-refractivity contribution is 5.64. The van der Waals surface area contributed by atoms with E-state index >= 15 is 0 Å². The minimum absolute atomic E-state index is 0.240. The summed E-state index contributed by atoms with van der Waals surface area (Å²) in [6.45, 7) is 6.71. The summed E-state index contributed by atoms with van der Waals surface area (Å²) in [4.78, 5) is 8.70. The first kappa shape index (κ1) is 13.5. The second-order valence-corrected chi connectivity index (χ2v) is 4.67. The van der Waals surface area contributed by atoms with E-state index < -0.39 is 0 Å². The predicted molar refractivity (Wildman–Crippen MR) is 75.7 cm³/mol. The Morgan fingerprint density at radius 3 is 2.68 bits per heavy atom. The van der Waals surface area contributed by atoms with Crippen molar-refractivity contribution in [2.45, 2.75) is 27.2 Å². The minimum atomic E-state index is -0.240. The molecule has 0 bridgehead atoms. The molecule has 100 valence electrons. The van der Waals surface area contributed by atoms with E-state index in [9.17, 15) is 4.39 Å². The summed E-state index contributed by atoms with van der Waals surface area (Å²) in [7, 11) is 0. The van der Waals surface area contributed by atoms with Crippen molar-refractivity contribution < 1.29 is 4.39 Å². The summed E-state index contributed by atoms with van der Waals surface area (Å²) in [6, 6.07) is 4.95. The van der Waals surface area contributed by atoms with Crippen molar-refractivity contribution in [3.05, 3.63) is 41.3 Å². The fraction of sp³-hybridized carbons (Fsp3) is 0.333. The monoisotopic (exact) mass is 259 g/mol. The van der Waals surface area contributed by atoms with E-state index in [2.05, 4.69) is 22.2 Å². The Labute approximate surface area is 112 Å². The van der Waals surface area contributed by atoms with Gasteiger partial charge in [0.1, 0.15) is 5.82 Å². The number of anilines is 1. The lowest BCUT2D eigenvalue weighted by molar-refractivity contribution is 0.627.